The Balaban J connectivity index is 1.16. The summed E-state index contributed by atoms with van der Waals surface area (Å²) in [5.41, 5.74) is 7.83. The van der Waals surface area contributed by atoms with Crippen molar-refractivity contribution in [2.45, 2.75) is 31.3 Å². The molecule has 2 atom stereocenters. The lowest BCUT2D eigenvalue weighted by atomic mass is 9.76. The predicted octanol–water partition coefficient (Wildman–Crippen LogP) is 7.81. The Labute approximate surface area is 285 Å². The summed E-state index contributed by atoms with van der Waals surface area (Å²) in [6, 6.07) is 41.1. The summed E-state index contributed by atoms with van der Waals surface area (Å²) in [6.45, 7) is 2.29. The van der Waals surface area contributed by atoms with Gasteiger partial charge in [0, 0.05) is 30.6 Å². The van der Waals surface area contributed by atoms with Crippen LogP contribution in [0.3, 0.4) is 0 Å². The van der Waals surface area contributed by atoms with Gasteiger partial charge in [0.05, 0.1) is 5.69 Å². The van der Waals surface area contributed by atoms with Crippen LogP contribution in [0.25, 0.3) is 6.08 Å². The first kappa shape index (κ1) is 30.4. The highest BCUT2D eigenvalue weighted by Gasteiger charge is 2.40. The van der Waals surface area contributed by atoms with E-state index in [0.717, 1.165) is 47.5 Å². The number of urea groups is 1. The van der Waals surface area contributed by atoms with Gasteiger partial charge in [-0.1, -0.05) is 103 Å². The van der Waals surface area contributed by atoms with Crippen LogP contribution in [-0.2, 0) is 16.2 Å². The van der Waals surface area contributed by atoms with Crippen LogP contribution in [-0.4, -0.2) is 30.9 Å². The van der Waals surface area contributed by atoms with E-state index in [1.165, 1.54) is 22.9 Å². The molecule has 0 aliphatic carbocycles. The van der Waals surface area contributed by atoms with Crippen LogP contribution >= 0.6 is 0 Å². The molecule has 5 aromatic rings. The van der Waals surface area contributed by atoms with Crippen molar-refractivity contribution in [3.05, 3.63) is 166 Å². The number of anilines is 2. The van der Waals surface area contributed by atoms with Crippen molar-refractivity contribution < 1.29 is 19.1 Å². The number of carbonyl (C=O) groups is 3. The third-order valence-corrected chi connectivity index (χ3v) is 9.80. The summed E-state index contributed by atoms with van der Waals surface area (Å²) in [7, 11) is 0. The maximum atomic E-state index is 14.2. The van der Waals surface area contributed by atoms with Gasteiger partial charge in [0.15, 0.2) is 0 Å². The lowest BCUT2D eigenvalue weighted by Gasteiger charge is -2.44. The fourth-order valence-corrected chi connectivity index (χ4v) is 7.43. The van der Waals surface area contributed by atoms with Crippen molar-refractivity contribution in [2.24, 2.45) is 0 Å². The van der Waals surface area contributed by atoms with Gasteiger partial charge in [-0.25, -0.2) is 9.69 Å². The van der Waals surface area contributed by atoms with Crippen molar-refractivity contribution in [3.8, 4) is 5.75 Å². The second kappa shape index (κ2) is 12.9. The van der Waals surface area contributed by atoms with Crippen molar-refractivity contribution in [1.82, 2.24) is 5.32 Å². The lowest BCUT2D eigenvalue weighted by Crippen LogP contribution is -2.54. The van der Waals surface area contributed by atoms with E-state index in [-0.39, 0.29) is 17.4 Å². The Morgan fingerprint density at radius 3 is 1.82 bits per heavy atom. The van der Waals surface area contributed by atoms with Crippen molar-refractivity contribution in [2.75, 3.05) is 22.9 Å². The van der Waals surface area contributed by atoms with E-state index in [2.05, 4.69) is 58.7 Å². The van der Waals surface area contributed by atoms with Crippen LogP contribution in [0.1, 0.15) is 58.1 Å². The molecule has 7 nitrogen and oxygen atoms in total. The van der Waals surface area contributed by atoms with Crippen molar-refractivity contribution in [3.63, 3.8) is 0 Å². The molecule has 1 fully saturated rings. The molecular formula is C42H35N3O4. The van der Waals surface area contributed by atoms with Gasteiger partial charge in [-0.2, -0.15) is 0 Å². The number of amides is 4. The first-order chi connectivity index (χ1) is 24.0. The number of hydrogen-bond donors (Lipinski definition) is 1. The lowest BCUT2D eigenvalue weighted by molar-refractivity contribution is -0.122. The third-order valence-electron chi connectivity index (χ3n) is 9.80. The topological polar surface area (TPSA) is 79.0 Å². The molecule has 242 valence electrons. The molecule has 1 N–H and O–H groups in total. The minimum Gasteiger partial charge on any atom is -0.489 e. The molecule has 3 aliphatic rings. The number of nitrogens with one attached hydrogen (secondary N) is 1. The van der Waals surface area contributed by atoms with Gasteiger partial charge in [-0.15, -0.1) is 0 Å². The van der Waals surface area contributed by atoms with E-state index in [9.17, 15) is 14.4 Å². The smallest absolute Gasteiger partial charge is 0.335 e. The summed E-state index contributed by atoms with van der Waals surface area (Å²) in [5.74, 6) is -0.502. The van der Waals surface area contributed by atoms with Crippen LogP contribution in [0.15, 0.2) is 133 Å². The molecular weight excluding hydrogens is 610 g/mol. The molecule has 5 aromatic carbocycles. The minimum atomic E-state index is -0.750. The summed E-state index contributed by atoms with van der Waals surface area (Å²) in [5, 5.41) is 2.43. The highest BCUT2D eigenvalue weighted by atomic mass is 16.5. The molecule has 1 saturated heterocycles. The van der Waals surface area contributed by atoms with Crippen LogP contribution in [0.4, 0.5) is 16.2 Å². The Bertz CT molecular complexity index is 1990. The van der Waals surface area contributed by atoms with Gasteiger partial charge in [0.2, 0.25) is 0 Å². The zero-order valence-corrected chi connectivity index (χ0v) is 26.9. The summed E-state index contributed by atoms with van der Waals surface area (Å²) < 4.78 is 5.91. The van der Waals surface area contributed by atoms with E-state index in [1.54, 1.807) is 24.3 Å². The van der Waals surface area contributed by atoms with E-state index in [0.29, 0.717) is 23.6 Å². The SMILES string of the molecule is O=C1NC(=O)N(c2cc3c4c(c2)[C@H](c2ccccc2)CCN4CC[C@H]3c2ccccc2)C(=O)/C1=C/c1ccc(OCc2ccccc2)cc1. The number of rotatable bonds is 7. The van der Waals surface area contributed by atoms with Gasteiger partial charge < -0.3 is 9.64 Å². The molecule has 3 heterocycles. The Hall–Kier alpha value is -5.95. The number of hydrogen-bond acceptors (Lipinski definition) is 5. The molecule has 0 saturated carbocycles. The highest BCUT2D eigenvalue weighted by molar-refractivity contribution is 6.39. The fraction of sp³-hybridized carbons (Fsp3) is 0.167. The maximum Gasteiger partial charge on any atom is 0.335 e. The van der Waals surface area contributed by atoms with Gasteiger partial charge in [0.1, 0.15) is 17.9 Å². The first-order valence-corrected chi connectivity index (χ1v) is 16.7. The molecule has 49 heavy (non-hydrogen) atoms. The van der Waals surface area contributed by atoms with E-state index < -0.39 is 17.8 Å². The normalized spacial score (nSPS) is 19.4. The molecule has 3 aliphatic heterocycles. The number of carbonyl (C=O) groups excluding carboxylic acids is 3. The van der Waals surface area contributed by atoms with Crippen molar-refractivity contribution >= 4 is 35.3 Å². The quantitative estimate of drug-likeness (QED) is 0.144. The zero-order valence-electron chi connectivity index (χ0n) is 26.9. The Kier molecular flexibility index (Phi) is 8.01. The van der Waals surface area contributed by atoms with Crippen molar-refractivity contribution in [1.29, 1.82) is 0 Å². The second-order valence-electron chi connectivity index (χ2n) is 12.8. The minimum absolute atomic E-state index is 0.0999. The maximum absolute atomic E-state index is 14.2. The van der Waals surface area contributed by atoms with Crippen LogP contribution in [0, 0.1) is 0 Å². The summed E-state index contributed by atoms with van der Waals surface area (Å²) in [6.07, 6.45) is 3.37. The number of ether oxygens (including phenoxy) is 1. The first-order valence-electron chi connectivity index (χ1n) is 16.7. The Morgan fingerprint density at radius 1 is 0.694 bits per heavy atom. The van der Waals surface area contributed by atoms with E-state index >= 15 is 0 Å². The van der Waals surface area contributed by atoms with Crippen LogP contribution in [0.5, 0.6) is 5.75 Å². The number of imide groups is 2. The molecule has 0 unspecified atom stereocenters. The van der Waals surface area contributed by atoms with Gasteiger partial charge in [0.25, 0.3) is 11.8 Å². The molecule has 0 spiro atoms. The largest absolute Gasteiger partial charge is 0.489 e. The number of nitrogens with zero attached hydrogens (tertiary/aromatic N) is 2. The van der Waals surface area contributed by atoms with Gasteiger partial charge in [-0.05, 0) is 76.6 Å². The van der Waals surface area contributed by atoms with Gasteiger partial charge >= 0.3 is 6.03 Å². The van der Waals surface area contributed by atoms with Crippen LogP contribution < -0.4 is 19.9 Å². The average Bonchev–Trinajstić information content (AvgIpc) is 3.14. The van der Waals surface area contributed by atoms with Crippen LogP contribution in [0.2, 0.25) is 0 Å². The third kappa shape index (κ3) is 5.89. The molecule has 0 radical (unpaired) electrons. The summed E-state index contributed by atoms with van der Waals surface area (Å²) >= 11 is 0. The number of benzene rings is 5. The molecule has 8 rings (SSSR count). The predicted molar refractivity (Wildman–Crippen MR) is 191 cm³/mol. The van der Waals surface area contributed by atoms with E-state index in [1.807, 2.05) is 54.6 Å². The average molecular weight is 646 g/mol. The Morgan fingerprint density at radius 2 is 1.24 bits per heavy atom. The monoisotopic (exact) mass is 645 g/mol. The molecule has 0 bridgehead atoms. The molecule has 4 amide bonds. The molecule has 7 heteroatoms. The fourth-order valence-electron chi connectivity index (χ4n) is 7.43. The summed E-state index contributed by atoms with van der Waals surface area (Å²) in [4.78, 5) is 44.4. The number of barbiturate groups is 1. The second-order valence-corrected chi connectivity index (χ2v) is 12.8. The molecule has 0 aromatic heterocycles. The highest BCUT2D eigenvalue weighted by Crippen LogP contribution is 2.50. The zero-order chi connectivity index (χ0) is 33.3. The van der Waals surface area contributed by atoms with Gasteiger partial charge in [-0.3, -0.25) is 14.9 Å². The standard InChI is InChI=1S/C42H35N3O4/c46-40-38(24-28-16-18-33(19-17-28)49-27-29-10-4-1-5-11-29)41(47)45(42(48)43-40)32-25-36-34(30-12-6-2-7-13-30)20-22-44-23-21-35(37(26-32)39(36)44)31-14-8-3-9-15-31/h1-19,24-26,34-35H,20-23,27H2,(H,43,46,48)/b38-24+/t34-,35-/m0/s1. The van der Waals surface area contributed by atoms with E-state index in [4.69, 9.17) is 4.74 Å².